The Hall–Kier alpha value is -4.26. The molecule has 17 nitrogen and oxygen atoms in total. The Morgan fingerprint density at radius 1 is 0.899 bits per heavy atom. The van der Waals surface area contributed by atoms with E-state index in [-0.39, 0.29) is 60.9 Å². The lowest BCUT2D eigenvalue weighted by Crippen LogP contribution is -2.61. The van der Waals surface area contributed by atoms with Gasteiger partial charge in [0.05, 0.1) is 30.5 Å². The fourth-order valence-electron chi connectivity index (χ4n) is 10.8. The van der Waals surface area contributed by atoms with Crippen LogP contribution in [0.25, 0.3) is 0 Å². The van der Waals surface area contributed by atoms with Gasteiger partial charge in [0, 0.05) is 58.5 Å². The highest BCUT2D eigenvalue weighted by atomic mass is 16.6. The number of amides is 1. The van der Waals surface area contributed by atoms with Gasteiger partial charge in [0.2, 0.25) is 5.79 Å². The van der Waals surface area contributed by atoms with Crippen molar-refractivity contribution in [3.05, 3.63) is 53.9 Å². The first-order valence-electron chi connectivity index (χ1n) is 25.0. The minimum absolute atomic E-state index is 0.0197. The molecule has 4 aliphatic rings. The number of hydrogen-bond donors (Lipinski definition) is 2. The van der Waals surface area contributed by atoms with Crippen molar-refractivity contribution in [3.63, 3.8) is 0 Å². The molecule has 15 atom stereocenters. The molecule has 1 saturated carbocycles. The standard InChI is InChI=1S/C52H79N5O12/c1-31-16-12-11-13-17-32(2)43(65-8)28-39-21-19-37(7)52(64,69-39)49(61)50(62)56-23-15-14-18-41(56)51(63)68-44(34(4)26-38-20-22-40(45(27-38)66-9)57-30-53-54-55-57)29-42(58)33(3)25-36(6)47(60)48(67-10)46(59)35(5)24-31/h11-13,16-17,25,30-31,34-41,43-45,47-48,60,64H,14-15,18-24,26-29H2,1-10H3/t31-,34-,35+,36?,37?,38+,39+,40+,41+,43+,44+,45-,47-,48+,52-/m1/s1. The molecule has 384 valence electrons. The predicted molar refractivity (Wildman–Crippen MR) is 256 cm³/mol. The Morgan fingerprint density at radius 3 is 2.33 bits per heavy atom. The van der Waals surface area contributed by atoms with Gasteiger partial charge in [-0.3, -0.25) is 19.2 Å². The number of cyclic esters (lactones) is 1. The van der Waals surface area contributed by atoms with Gasteiger partial charge in [0.25, 0.3) is 11.7 Å². The first kappa shape index (κ1) is 55.7. The molecule has 1 aromatic rings. The van der Waals surface area contributed by atoms with Crippen molar-refractivity contribution < 1.29 is 57.9 Å². The monoisotopic (exact) mass is 966 g/mol. The number of aliphatic hydroxyl groups excluding tert-OH is 1. The van der Waals surface area contributed by atoms with Gasteiger partial charge in [-0.1, -0.05) is 71.1 Å². The van der Waals surface area contributed by atoms with E-state index < -0.39 is 77.8 Å². The van der Waals surface area contributed by atoms with Crippen LogP contribution >= 0.6 is 0 Å². The van der Waals surface area contributed by atoms with Crippen molar-refractivity contribution in [2.45, 2.75) is 180 Å². The SMILES string of the molecule is CO[C@H]1C[C@@H]2CCC(C)[C@@](O)(O2)C(=O)C(=O)N2CCCC[C@H]2C(=O)O[C@H]([C@H](C)C[C@@H]2CC[C@H](n3cnnn3)[C@H](OC)C2)CC(=O)C(C)=CC(C)[C@@H](O)[C@@H](OC)C(=O)[C@@H](C)C[C@H](C)C=CC=CC=C1C. The Kier molecular flexibility index (Phi) is 20.8. The summed E-state index contributed by atoms with van der Waals surface area (Å²) in [6.07, 6.45) is 14.0. The van der Waals surface area contributed by atoms with Crippen molar-refractivity contribution in [1.82, 2.24) is 25.1 Å². The topological polar surface area (TPSA) is 219 Å². The van der Waals surface area contributed by atoms with E-state index >= 15 is 0 Å². The molecule has 69 heavy (non-hydrogen) atoms. The molecule has 2 unspecified atom stereocenters. The summed E-state index contributed by atoms with van der Waals surface area (Å²) in [7, 11) is 4.63. The molecule has 17 heteroatoms. The van der Waals surface area contributed by atoms with E-state index in [0.717, 1.165) is 18.4 Å². The minimum atomic E-state index is -2.43. The van der Waals surface area contributed by atoms with E-state index in [2.05, 4.69) is 15.5 Å². The van der Waals surface area contributed by atoms with Crippen molar-refractivity contribution in [2.24, 2.45) is 35.5 Å². The number of fused-ring (bicyclic) bond motifs is 3. The lowest BCUT2D eigenvalue weighted by Gasteiger charge is -2.42. The van der Waals surface area contributed by atoms with E-state index in [1.165, 1.54) is 12.0 Å². The summed E-state index contributed by atoms with van der Waals surface area (Å²) in [6.45, 7) is 12.8. The molecule has 4 heterocycles. The molecule has 2 N–H and O–H groups in total. The molecule has 3 fully saturated rings. The molecule has 2 saturated heterocycles. The van der Waals surface area contributed by atoms with Crippen molar-refractivity contribution >= 4 is 29.2 Å². The summed E-state index contributed by atoms with van der Waals surface area (Å²) in [5, 5.41) is 35.2. The van der Waals surface area contributed by atoms with Crippen molar-refractivity contribution in [1.29, 1.82) is 0 Å². The van der Waals surface area contributed by atoms with Gasteiger partial charge in [-0.25, -0.2) is 9.48 Å². The Labute approximate surface area is 408 Å². The van der Waals surface area contributed by atoms with E-state index in [0.29, 0.717) is 56.9 Å². The molecule has 1 aromatic heterocycles. The van der Waals surface area contributed by atoms with E-state index in [9.17, 15) is 34.2 Å². The number of carbonyl (C=O) groups is 5. The van der Waals surface area contributed by atoms with Crippen LogP contribution in [0.5, 0.6) is 0 Å². The first-order valence-corrected chi connectivity index (χ1v) is 25.0. The third-order valence-corrected chi connectivity index (χ3v) is 15.2. The zero-order valence-electron chi connectivity index (χ0n) is 42.5. The van der Waals surface area contributed by atoms with Crippen LogP contribution in [0.1, 0.15) is 132 Å². The van der Waals surface area contributed by atoms with Gasteiger partial charge in [-0.2, -0.15) is 0 Å². The van der Waals surface area contributed by atoms with Crippen LogP contribution in [0.4, 0.5) is 0 Å². The summed E-state index contributed by atoms with van der Waals surface area (Å²) in [5.74, 6) is -7.89. The van der Waals surface area contributed by atoms with Crippen molar-refractivity contribution in [3.8, 4) is 0 Å². The third kappa shape index (κ3) is 14.2. The fourth-order valence-corrected chi connectivity index (χ4v) is 10.8. The second kappa shape index (κ2) is 25.7. The van der Waals surface area contributed by atoms with Gasteiger partial charge in [0.1, 0.15) is 24.6 Å². The first-order chi connectivity index (χ1) is 32.8. The van der Waals surface area contributed by atoms with Gasteiger partial charge < -0.3 is 38.8 Å². The van der Waals surface area contributed by atoms with Gasteiger partial charge in [0.15, 0.2) is 11.6 Å². The Morgan fingerprint density at radius 2 is 1.65 bits per heavy atom. The number of ketones is 3. The van der Waals surface area contributed by atoms with E-state index in [4.69, 9.17) is 23.7 Å². The molecule has 0 aromatic carbocycles. The number of rotatable bonds is 7. The smallest absolute Gasteiger partial charge is 0.329 e. The van der Waals surface area contributed by atoms with Crippen LogP contribution < -0.4 is 0 Å². The van der Waals surface area contributed by atoms with Crippen LogP contribution in [0.15, 0.2) is 53.9 Å². The van der Waals surface area contributed by atoms with Crippen LogP contribution in [0.3, 0.4) is 0 Å². The second-order valence-corrected chi connectivity index (χ2v) is 20.4. The summed E-state index contributed by atoms with van der Waals surface area (Å²) >= 11 is 0. The normalized spacial score (nSPS) is 36.3. The zero-order chi connectivity index (χ0) is 50.6. The lowest BCUT2D eigenvalue weighted by molar-refractivity contribution is -0.265. The average molecular weight is 966 g/mol. The molecular weight excluding hydrogens is 887 g/mol. The van der Waals surface area contributed by atoms with E-state index in [1.807, 2.05) is 58.1 Å². The van der Waals surface area contributed by atoms with Gasteiger partial charge in [-0.05, 0) is 117 Å². The molecule has 0 spiro atoms. The number of piperidine rings is 1. The number of nitrogens with zero attached hydrogens (tertiary/aromatic N) is 5. The van der Waals surface area contributed by atoms with Crippen LogP contribution in [-0.2, 0) is 47.7 Å². The number of aromatic nitrogens is 4. The second-order valence-electron chi connectivity index (χ2n) is 20.4. The zero-order valence-corrected chi connectivity index (χ0v) is 42.5. The number of tetrazole rings is 1. The molecule has 5 rings (SSSR count). The Balaban J connectivity index is 1.46. The average Bonchev–Trinajstić information content (AvgIpc) is 3.88. The number of carbonyl (C=O) groups excluding carboxylic acids is 5. The molecule has 3 aliphatic heterocycles. The number of methoxy groups -OCH3 is 3. The minimum Gasteiger partial charge on any atom is -0.460 e. The number of allylic oxidation sites excluding steroid dienone is 6. The maximum Gasteiger partial charge on any atom is 0.329 e. The third-order valence-electron chi connectivity index (χ3n) is 15.2. The number of hydrogen-bond acceptors (Lipinski definition) is 15. The van der Waals surface area contributed by atoms with Crippen LogP contribution in [0.2, 0.25) is 0 Å². The Bertz CT molecular complexity index is 2020. The highest BCUT2D eigenvalue weighted by Gasteiger charge is 2.53. The molecule has 2 bridgehead atoms. The van der Waals surface area contributed by atoms with Crippen molar-refractivity contribution in [2.75, 3.05) is 27.9 Å². The highest BCUT2D eigenvalue weighted by molar-refractivity contribution is 6.39. The molecular formula is C52H79N5O12. The van der Waals surface area contributed by atoms with E-state index in [1.54, 1.807) is 52.1 Å². The van der Waals surface area contributed by atoms with Gasteiger partial charge >= 0.3 is 5.97 Å². The highest BCUT2D eigenvalue weighted by Crippen LogP contribution is 2.39. The molecule has 0 radical (unpaired) electrons. The quantitative estimate of drug-likeness (QED) is 0.235. The largest absolute Gasteiger partial charge is 0.460 e. The van der Waals surface area contributed by atoms with Crippen LogP contribution in [0, 0.1) is 35.5 Å². The molecule has 1 aliphatic carbocycles. The fraction of sp³-hybridized carbons (Fsp3) is 0.731. The lowest BCUT2D eigenvalue weighted by atomic mass is 9.77. The number of Topliss-reactive ketones (excluding diaryl/α,β-unsaturated/α-hetero) is 3. The maximum atomic E-state index is 14.5. The summed E-state index contributed by atoms with van der Waals surface area (Å²) in [6, 6.07) is -1.20. The number of esters is 1. The van der Waals surface area contributed by atoms with Gasteiger partial charge in [-0.15, -0.1) is 5.10 Å². The summed E-state index contributed by atoms with van der Waals surface area (Å²) in [5.41, 5.74) is 1.20. The summed E-state index contributed by atoms with van der Waals surface area (Å²) < 4.78 is 31.6. The molecule has 1 amide bonds. The number of aliphatic hydroxyl groups is 2. The summed E-state index contributed by atoms with van der Waals surface area (Å²) in [4.78, 5) is 72.3. The maximum absolute atomic E-state index is 14.5. The number of ether oxygens (including phenoxy) is 5. The van der Waals surface area contributed by atoms with Crippen LogP contribution in [-0.4, -0.2) is 141 Å². The predicted octanol–water partition coefficient (Wildman–Crippen LogP) is 6.05.